The maximum atomic E-state index is 12.1. The van der Waals surface area contributed by atoms with E-state index in [9.17, 15) is 4.79 Å². The second kappa shape index (κ2) is 4.40. The third-order valence-electron chi connectivity index (χ3n) is 2.67. The molecule has 5 heteroatoms. The molecule has 0 atom stereocenters. The summed E-state index contributed by atoms with van der Waals surface area (Å²) in [6, 6.07) is 5.12. The number of nitrogen functional groups attached to an aromatic ring is 2. The summed E-state index contributed by atoms with van der Waals surface area (Å²) in [7, 11) is 0. The van der Waals surface area contributed by atoms with E-state index >= 15 is 0 Å². The number of benzene rings is 1. The maximum absolute atomic E-state index is 12.1. The molecule has 1 amide bonds. The molecule has 0 bridgehead atoms. The van der Waals surface area contributed by atoms with E-state index in [1.54, 1.807) is 23.1 Å². The highest BCUT2D eigenvalue weighted by Crippen LogP contribution is 2.21. The van der Waals surface area contributed by atoms with E-state index < -0.39 is 0 Å². The van der Waals surface area contributed by atoms with E-state index in [1.165, 1.54) is 0 Å². The monoisotopic (exact) mass is 221 g/mol. The van der Waals surface area contributed by atoms with Gasteiger partial charge in [-0.05, 0) is 12.1 Å². The fraction of sp³-hybridized carbons (Fsp3) is 0.364. The first-order valence-corrected chi connectivity index (χ1v) is 5.21. The molecule has 1 aromatic carbocycles. The van der Waals surface area contributed by atoms with Crippen LogP contribution >= 0.6 is 0 Å². The minimum atomic E-state index is -0.0758. The summed E-state index contributed by atoms with van der Waals surface area (Å²) in [5.74, 6) is -0.0758. The number of hydrogen-bond donors (Lipinski definition) is 2. The van der Waals surface area contributed by atoms with Crippen LogP contribution in [0.3, 0.4) is 0 Å². The van der Waals surface area contributed by atoms with Crippen LogP contribution in [0.15, 0.2) is 18.2 Å². The second-order valence-corrected chi connectivity index (χ2v) is 3.71. The SMILES string of the molecule is Nc1cccc(C(=O)N2CCOCC2)c1N. The Morgan fingerprint density at radius 3 is 2.62 bits per heavy atom. The van der Waals surface area contributed by atoms with E-state index in [0.717, 1.165) is 0 Å². The third-order valence-corrected chi connectivity index (χ3v) is 2.67. The minimum Gasteiger partial charge on any atom is -0.397 e. The number of anilines is 2. The zero-order valence-corrected chi connectivity index (χ0v) is 8.98. The Morgan fingerprint density at radius 2 is 1.94 bits per heavy atom. The minimum absolute atomic E-state index is 0.0758. The van der Waals surface area contributed by atoms with E-state index in [0.29, 0.717) is 43.2 Å². The van der Waals surface area contributed by atoms with Gasteiger partial charge in [-0.15, -0.1) is 0 Å². The number of nitrogens with zero attached hydrogens (tertiary/aromatic N) is 1. The van der Waals surface area contributed by atoms with Crippen molar-refractivity contribution < 1.29 is 9.53 Å². The van der Waals surface area contributed by atoms with E-state index in [-0.39, 0.29) is 5.91 Å². The van der Waals surface area contributed by atoms with Gasteiger partial charge < -0.3 is 21.1 Å². The van der Waals surface area contributed by atoms with Crippen molar-refractivity contribution in [1.82, 2.24) is 4.90 Å². The number of rotatable bonds is 1. The lowest BCUT2D eigenvalue weighted by atomic mass is 10.1. The van der Waals surface area contributed by atoms with Crippen LogP contribution in [0.2, 0.25) is 0 Å². The summed E-state index contributed by atoms with van der Waals surface area (Å²) in [6.07, 6.45) is 0. The highest BCUT2D eigenvalue weighted by atomic mass is 16.5. The summed E-state index contributed by atoms with van der Waals surface area (Å²) < 4.78 is 5.19. The van der Waals surface area contributed by atoms with Crippen LogP contribution in [0.4, 0.5) is 11.4 Å². The Labute approximate surface area is 94.0 Å². The highest BCUT2D eigenvalue weighted by Gasteiger charge is 2.20. The lowest BCUT2D eigenvalue weighted by Gasteiger charge is -2.27. The maximum Gasteiger partial charge on any atom is 0.256 e. The fourth-order valence-electron chi connectivity index (χ4n) is 1.71. The molecule has 0 saturated carbocycles. The van der Waals surface area contributed by atoms with Crippen LogP contribution in [0, 0.1) is 0 Å². The van der Waals surface area contributed by atoms with Crippen LogP contribution in [-0.2, 0) is 4.74 Å². The number of ether oxygens (including phenoxy) is 1. The van der Waals surface area contributed by atoms with Gasteiger partial charge in [0.25, 0.3) is 5.91 Å². The Morgan fingerprint density at radius 1 is 1.25 bits per heavy atom. The van der Waals surface area contributed by atoms with Gasteiger partial charge in [-0.2, -0.15) is 0 Å². The summed E-state index contributed by atoms with van der Waals surface area (Å²) in [6.45, 7) is 2.36. The van der Waals surface area contributed by atoms with Crippen molar-refractivity contribution in [3.8, 4) is 0 Å². The number of para-hydroxylation sites is 1. The molecular weight excluding hydrogens is 206 g/mol. The number of hydrogen-bond acceptors (Lipinski definition) is 4. The van der Waals surface area contributed by atoms with Gasteiger partial charge in [-0.25, -0.2) is 0 Å². The largest absolute Gasteiger partial charge is 0.397 e. The van der Waals surface area contributed by atoms with Crippen LogP contribution in [0.25, 0.3) is 0 Å². The van der Waals surface area contributed by atoms with Crippen molar-refractivity contribution in [2.75, 3.05) is 37.8 Å². The Balaban J connectivity index is 2.22. The van der Waals surface area contributed by atoms with E-state index in [2.05, 4.69) is 0 Å². The Bertz CT molecular complexity index is 400. The lowest BCUT2D eigenvalue weighted by Crippen LogP contribution is -2.41. The van der Waals surface area contributed by atoms with Crippen LogP contribution in [-0.4, -0.2) is 37.1 Å². The number of amides is 1. The first kappa shape index (κ1) is 10.8. The van der Waals surface area contributed by atoms with Crippen molar-refractivity contribution in [1.29, 1.82) is 0 Å². The first-order valence-electron chi connectivity index (χ1n) is 5.21. The summed E-state index contributed by atoms with van der Waals surface area (Å²) in [4.78, 5) is 13.8. The van der Waals surface area contributed by atoms with E-state index in [4.69, 9.17) is 16.2 Å². The zero-order valence-electron chi connectivity index (χ0n) is 8.98. The molecule has 1 aliphatic rings. The molecule has 0 unspecified atom stereocenters. The van der Waals surface area contributed by atoms with Gasteiger partial charge in [0.15, 0.2) is 0 Å². The molecule has 86 valence electrons. The molecule has 1 aliphatic heterocycles. The molecule has 1 heterocycles. The fourth-order valence-corrected chi connectivity index (χ4v) is 1.71. The van der Waals surface area contributed by atoms with Crippen LogP contribution in [0.5, 0.6) is 0 Å². The molecule has 0 spiro atoms. The van der Waals surface area contributed by atoms with Gasteiger partial charge in [0.1, 0.15) is 0 Å². The normalized spacial score (nSPS) is 16.1. The number of carbonyl (C=O) groups excluding carboxylic acids is 1. The molecule has 1 saturated heterocycles. The van der Waals surface area contributed by atoms with E-state index in [1.807, 2.05) is 0 Å². The Kier molecular flexibility index (Phi) is 2.96. The molecule has 5 nitrogen and oxygen atoms in total. The van der Waals surface area contributed by atoms with Gasteiger partial charge >= 0.3 is 0 Å². The molecule has 0 aliphatic carbocycles. The molecule has 0 aromatic heterocycles. The molecule has 16 heavy (non-hydrogen) atoms. The molecule has 1 fully saturated rings. The lowest BCUT2D eigenvalue weighted by molar-refractivity contribution is 0.0303. The van der Waals surface area contributed by atoms with Gasteiger partial charge in [0.05, 0.1) is 30.2 Å². The third kappa shape index (κ3) is 1.94. The average molecular weight is 221 g/mol. The predicted molar refractivity (Wildman–Crippen MR) is 62.0 cm³/mol. The van der Waals surface area contributed by atoms with Gasteiger partial charge in [-0.3, -0.25) is 4.79 Å². The molecule has 1 aromatic rings. The number of carbonyl (C=O) groups is 1. The summed E-state index contributed by atoms with van der Waals surface area (Å²) in [5.41, 5.74) is 12.7. The summed E-state index contributed by atoms with van der Waals surface area (Å²) >= 11 is 0. The van der Waals surface area contributed by atoms with Crippen LogP contribution < -0.4 is 11.5 Å². The standard InChI is InChI=1S/C11H15N3O2/c12-9-3-1-2-8(10(9)13)11(15)14-4-6-16-7-5-14/h1-3H,4-7,12-13H2. The first-order chi connectivity index (χ1) is 7.70. The van der Waals surface area contributed by atoms with Gasteiger partial charge in [-0.1, -0.05) is 6.07 Å². The van der Waals surface area contributed by atoms with Gasteiger partial charge in [0.2, 0.25) is 0 Å². The highest BCUT2D eigenvalue weighted by molar-refractivity contribution is 6.01. The van der Waals surface area contributed by atoms with Crippen molar-refractivity contribution in [2.45, 2.75) is 0 Å². The smallest absolute Gasteiger partial charge is 0.256 e. The Hall–Kier alpha value is -1.75. The summed E-state index contributed by atoms with van der Waals surface area (Å²) in [5, 5.41) is 0. The van der Waals surface area contributed by atoms with Crippen molar-refractivity contribution >= 4 is 17.3 Å². The number of nitrogens with two attached hydrogens (primary N) is 2. The quantitative estimate of drug-likeness (QED) is 0.669. The van der Waals surface area contributed by atoms with Crippen molar-refractivity contribution in [3.05, 3.63) is 23.8 Å². The average Bonchev–Trinajstić information content (AvgIpc) is 2.33. The molecule has 2 rings (SSSR count). The molecule has 0 radical (unpaired) electrons. The van der Waals surface area contributed by atoms with Crippen molar-refractivity contribution in [2.24, 2.45) is 0 Å². The molecular formula is C11H15N3O2. The van der Waals surface area contributed by atoms with Crippen LogP contribution in [0.1, 0.15) is 10.4 Å². The topological polar surface area (TPSA) is 81.6 Å². The van der Waals surface area contributed by atoms with Crippen molar-refractivity contribution in [3.63, 3.8) is 0 Å². The predicted octanol–water partition coefficient (Wildman–Crippen LogP) is 0.323. The zero-order chi connectivity index (χ0) is 11.5. The number of morpholine rings is 1. The van der Waals surface area contributed by atoms with Gasteiger partial charge in [0, 0.05) is 13.1 Å². The molecule has 4 N–H and O–H groups in total. The second-order valence-electron chi connectivity index (χ2n) is 3.71.